The van der Waals surface area contributed by atoms with Crippen LogP contribution in [0.5, 0.6) is 0 Å². The molecule has 0 bridgehead atoms. The Balaban J connectivity index is 1.55. The fraction of sp³-hybridized carbons (Fsp3) is 0.421. The van der Waals surface area contributed by atoms with Crippen molar-refractivity contribution in [1.29, 1.82) is 0 Å². The molecule has 1 saturated heterocycles. The van der Waals surface area contributed by atoms with Gasteiger partial charge in [-0.05, 0) is 36.7 Å². The molecule has 1 aliphatic rings. The third kappa shape index (κ3) is 4.71. The highest BCUT2D eigenvalue weighted by Crippen LogP contribution is 2.18. The van der Waals surface area contributed by atoms with Crippen LogP contribution in [0.3, 0.4) is 0 Å². The van der Waals surface area contributed by atoms with Crippen LogP contribution in [0.4, 0.5) is 11.5 Å². The Labute approximate surface area is 159 Å². The zero-order valence-corrected chi connectivity index (χ0v) is 16.0. The van der Waals surface area contributed by atoms with E-state index in [1.807, 2.05) is 31.3 Å². The first kappa shape index (κ1) is 18.6. The van der Waals surface area contributed by atoms with Gasteiger partial charge in [-0.15, -0.1) is 0 Å². The van der Waals surface area contributed by atoms with Crippen molar-refractivity contribution in [2.75, 3.05) is 42.9 Å². The van der Waals surface area contributed by atoms with Gasteiger partial charge in [0.25, 0.3) is 0 Å². The lowest BCUT2D eigenvalue weighted by Crippen LogP contribution is -2.46. The highest BCUT2D eigenvalue weighted by molar-refractivity contribution is 6.30. The number of carbonyl (C=O) groups is 1. The minimum Gasteiger partial charge on any atom is -0.368 e. The number of halogens is 1. The number of nitrogens with zero attached hydrogens (tertiary/aromatic N) is 4. The third-order valence-corrected chi connectivity index (χ3v) is 5.03. The maximum atomic E-state index is 12.2. The third-order valence-electron chi connectivity index (χ3n) is 4.64. The first-order valence-corrected chi connectivity index (χ1v) is 9.27. The number of hydrogen-bond donors (Lipinski definition) is 1. The van der Waals surface area contributed by atoms with Gasteiger partial charge in [0.2, 0.25) is 5.91 Å². The van der Waals surface area contributed by atoms with Gasteiger partial charge < -0.3 is 15.1 Å². The fourth-order valence-corrected chi connectivity index (χ4v) is 3.16. The van der Waals surface area contributed by atoms with Gasteiger partial charge in [0, 0.05) is 32.4 Å². The number of carbonyl (C=O) groups excluding carboxylic acids is 1. The lowest BCUT2D eigenvalue weighted by molar-refractivity contribution is -0.115. The molecule has 7 heteroatoms. The van der Waals surface area contributed by atoms with Crippen molar-refractivity contribution >= 4 is 29.0 Å². The van der Waals surface area contributed by atoms with Gasteiger partial charge >= 0.3 is 0 Å². The summed E-state index contributed by atoms with van der Waals surface area (Å²) in [6.45, 7) is 9.31. The summed E-state index contributed by atoms with van der Waals surface area (Å²) >= 11 is 5.91. The van der Waals surface area contributed by atoms with Gasteiger partial charge in [-0.2, -0.15) is 0 Å². The summed E-state index contributed by atoms with van der Waals surface area (Å²) in [5.74, 6) is 0.440. The number of nitrogens with one attached hydrogen (secondary N) is 1. The molecule has 0 spiro atoms. The van der Waals surface area contributed by atoms with Gasteiger partial charge in [0.1, 0.15) is 11.0 Å². The topological polar surface area (TPSA) is 61.4 Å². The normalized spacial score (nSPS) is 15.1. The summed E-state index contributed by atoms with van der Waals surface area (Å²) < 4.78 is 0. The lowest BCUT2D eigenvalue weighted by atomic mass is 10.1. The largest absolute Gasteiger partial charge is 0.368 e. The van der Waals surface area contributed by atoms with E-state index < -0.39 is 0 Å². The monoisotopic (exact) mass is 373 g/mol. The zero-order valence-electron chi connectivity index (χ0n) is 15.2. The Morgan fingerprint density at radius 3 is 2.58 bits per heavy atom. The molecular formula is C19H24ClN5O. The van der Waals surface area contributed by atoms with Gasteiger partial charge in [0.15, 0.2) is 0 Å². The van der Waals surface area contributed by atoms with E-state index in [0.29, 0.717) is 11.0 Å². The standard InChI is InChI=1S/C19H24ClN5O/c1-3-24-6-8-25(9-7-24)16-4-5-17(21-13-16)23-18(26)11-15-10-14(2)19(20)22-12-15/h4-5,10,12-13H,3,6-9,11H2,1-2H3,(H,21,23,26). The molecule has 2 aromatic heterocycles. The molecule has 3 rings (SSSR count). The van der Waals surface area contributed by atoms with Crippen molar-refractivity contribution in [3.8, 4) is 0 Å². The molecule has 26 heavy (non-hydrogen) atoms. The summed E-state index contributed by atoms with van der Waals surface area (Å²) in [6, 6.07) is 5.74. The smallest absolute Gasteiger partial charge is 0.230 e. The van der Waals surface area contributed by atoms with E-state index in [0.717, 1.165) is 49.5 Å². The number of pyridine rings is 2. The highest BCUT2D eigenvalue weighted by Gasteiger charge is 2.16. The molecule has 0 radical (unpaired) electrons. The van der Waals surface area contributed by atoms with E-state index in [-0.39, 0.29) is 12.3 Å². The van der Waals surface area contributed by atoms with Crippen molar-refractivity contribution in [2.45, 2.75) is 20.3 Å². The zero-order chi connectivity index (χ0) is 18.5. The fourth-order valence-electron chi connectivity index (χ4n) is 3.05. The van der Waals surface area contributed by atoms with E-state index in [4.69, 9.17) is 11.6 Å². The molecule has 1 aliphatic heterocycles. The second kappa shape index (κ2) is 8.47. The molecule has 2 aromatic rings. The number of amides is 1. The number of hydrogen-bond acceptors (Lipinski definition) is 5. The second-order valence-electron chi connectivity index (χ2n) is 6.50. The molecule has 1 N–H and O–H groups in total. The van der Waals surface area contributed by atoms with Crippen LogP contribution in [0.2, 0.25) is 5.15 Å². The number of rotatable bonds is 5. The first-order valence-electron chi connectivity index (χ1n) is 8.89. The van der Waals surface area contributed by atoms with Gasteiger partial charge in [-0.1, -0.05) is 24.6 Å². The Morgan fingerprint density at radius 1 is 1.19 bits per heavy atom. The van der Waals surface area contributed by atoms with E-state index in [2.05, 4.69) is 32.0 Å². The Morgan fingerprint density at radius 2 is 1.96 bits per heavy atom. The van der Waals surface area contributed by atoms with Crippen molar-refractivity contribution in [3.05, 3.63) is 46.9 Å². The summed E-state index contributed by atoms with van der Waals surface area (Å²) in [6.07, 6.45) is 3.69. The molecule has 1 fully saturated rings. The van der Waals surface area contributed by atoms with Gasteiger partial charge in [-0.25, -0.2) is 9.97 Å². The molecular weight excluding hydrogens is 350 g/mol. The first-order chi connectivity index (χ1) is 12.5. The molecule has 1 amide bonds. The van der Waals surface area contributed by atoms with E-state index >= 15 is 0 Å². The summed E-state index contributed by atoms with van der Waals surface area (Å²) in [4.78, 5) is 25.4. The van der Waals surface area contributed by atoms with E-state index in [1.54, 1.807) is 6.20 Å². The maximum absolute atomic E-state index is 12.2. The Hall–Kier alpha value is -2.18. The number of anilines is 2. The average molecular weight is 374 g/mol. The molecule has 0 saturated carbocycles. The molecule has 0 atom stereocenters. The van der Waals surface area contributed by atoms with Crippen LogP contribution in [0.25, 0.3) is 0 Å². The van der Waals surface area contributed by atoms with Gasteiger partial charge in [0.05, 0.1) is 18.3 Å². The summed E-state index contributed by atoms with van der Waals surface area (Å²) in [5.41, 5.74) is 2.79. The lowest BCUT2D eigenvalue weighted by Gasteiger charge is -2.35. The van der Waals surface area contributed by atoms with Crippen LogP contribution >= 0.6 is 11.6 Å². The quantitative estimate of drug-likeness (QED) is 0.816. The molecule has 0 aliphatic carbocycles. The number of likely N-dealkylation sites (N-methyl/N-ethyl adjacent to an activating group) is 1. The molecule has 0 unspecified atom stereocenters. The Kier molecular flexibility index (Phi) is 6.06. The maximum Gasteiger partial charge on any atom is 0.230 e. The summed E-state index contributed by atoms with van der Waals surface area (Å²) in [5, 5.41) is 3.30. The highest BCUT2D eigenvalue weighted by atomic mass is 35.5. The van der Waals surface area contributed by atoms with Crippen LogP contribution in [0.1, 0.15) is 18.1 Å². The SMILES string of the molecule is CCN1CCN(c2ccc(NC(=O)Cc3cnc(Cl)c(C)c3)nc2)CC1. The van der Waals surface area contributed by atoms with E-state index in [9.17, 15) is 4.79 Å². The predicted molar refractivity (Wildman–Crippen MR) is 105 cm³/mol. The number of piperazine rings is 1. The summed E-state index contributed by atoms with van der Waals surface area (Å²) in [7, 11) is 0. The average Bonchev–Trinajstić information content (AvgIpc) is 2.65. The number of aryl methyl sites for hydroxylation is 1. The number of aromatic nitrogens is 2. The van der Waals surface area contributed by atoms with Crippen LogP contribution in [0.15, 0.2) is 30.6 Å². The van der Waals surface area contributed by atoms with Crippen molar-refractivity contribution in [3.63, 3.8) is 0 Å². The van der Waals surface area contributed by atoms with Crippen molar-refractivity contribution in [2.24, 2.45) is 0 Å². The molecule has 138 valence electrons. The predicted octanol–water partition coefficient (Wildman–Crippen LogP) is 2.76. The van der Waals surface area contributed by atoms with Crippen LogP contribution < -0.4 is 10.2 Å². The molecule has 3 heterocycles. The minimum atomic E-state index is -0.120. The van der Waals surface area contributed by atoms with E-state index in [1.165, 1.54) is 0 Å². The van der Waals surface area contributed by atoms with Crippen LogP contribution in [0, 0.1) is 6.92 Å². The van der Waals surface area contributed by atoms with Crippen molar-refractivity contribution in [1.82, 2.24) is 14.9 Å². The molecule has 6 nitrogen and oxygen atoms in total. The van der Waals surface area contributed by atoms with Gasteiger partial charge in [-0.3, -0.25) is 4.79 Å². The second-order valence-corrected chi connectivity index (χ2v) is 6.86. The Bertz CT molecular complexity index is 757. The van der Waals surface area contributed by atoms with Crippen LogP contribution in [-0.2, 0) is 11.2 Å². The van der Waals surface area contributed by atoms with Crippen LogP contribution in [-0.4, -0.2) is 53.5 Å². The minimum absolute atomic E-state index is 0.120. The van der Waals surface area contributed by atoms with Crippen molar-refractivity contribution < 1.29 is 4.79 Å². The molecule has 0 aromatic carbocycles.